The van der Waals surface area contributed by atoms with E-state index in [9.17, 15) is 4.57 Å². The lowest BCUT2D eigenvalue weighted by atomic mass is 10.1. The summed E-state index contributed by atoms with van der Waals surface area (Å²) in [4.78, 5) is 17.5. The van der Waals surface area contributed by atoms with Gasteiger partial charge in [-0.2, -0.15) is 0 Å². The van der Waals surface area contributed by atoms with Gasteiger partial charge in [-0.05, 0) is 18.4 Å². The van der Waals surface area contributed by atoms with E-state index >= 15 is 0 Å². The fourth-order valence-electron chi connectivity index (χ4n) is 1.13. The Bertz CT molecular complexity index is 322. The summed E-state index contributed by atoms with van der Waals surface area (Å²) < 4.78 is 10.7. The molecule has 0 amide bonds. The summed E-state index contributed by atoms with van der Waals surface area (Å²) in [5, 5.41) is 0. The van der Waals surface area contributed by atoms with Gasteiger partial charge < -0.3 is 15.5 Å². The lowest BCUT2D eigenvalue weighted by Crippen LogP contribution is -2.20. The van der Waals surface area contributed by atoms with Crippen molar-refractivity contribution in [3.63, 3.8) is 0 Å². The first-order valence-electron chi connectivity index (χ1n) is 4.35. The molecule has 5 heteroatoms. The van der Waals surface area contributed by atoms with Crippen molar-refractivity contribution in [1.82, 2.24) is 0 Å². The molecule has 0 aliphatic heterocycles. The average molecular weight is 215 g/mol. The van der Waals surface area contributed by atoms with Crippen LogP contribution in [0.3, 0.4) is 0 Å². The van der Waals surface area contributed by atoms with Gasteiger partial charge in [-0.1, -0.05) is 30.3 Å². The highest BCUT2D eigenvalue weighted by molar-refractivity contribution is 7.52. The maximum atomic E-state index is 10.7. The number of hydrogen-bond acceptors (Lipinski definition) is 2. The van der Waals surface area contributed by atoms with Gasteiger partial charge in [-0.15, -0.1) is 0 Å². The van der Waals surface area contributed by atoms with Crippen LogP contribution in [0, 0.1) is 0 Å². The maximum Gasteiger partial charge on any atom is 0.342 e. The van der Waals surface area contributed by atoms with Gasteiger partial charge in [0.25, 0.3) is 0 Å². The smallest absolute Gasteiger partial charge is 0.323 e. The highest BCUT2D eigenvalue weighted by Crippen LogP contribution is 2.40. The van der Waals surface area contributed by atoms with E-state index in [2.05, 4.69) is 0 Å². The second kappa shape index (κ2) is 4.71. The molecule has 1 aromatic rings. The molecule has 78 valence electrons. The molecule has 0 unspecified atom stereocenters. The quantitative estimate of drug-likeness (QED) is 0.656. The van der Waals surface area contributed by atoms with Crippen LogP contribution >= 0.6 is 7.60 Å². The third kappa shape index (κ3) is 3.60. The summed E-state index contributed by atoms with van der Waals surface area (Å²) in [5.74, 6) is -1.05. The van der Waals surface area contributed by atoms with E-state index in [1.165, 1.54) is 0 Å². The minimum atomic E-state index is -4.12. The highest BCUT2D eigenvalue weighted by atomic mass is 31.2. The zero-order valence-electron chi connectivity index (χ0n) is 7.71. The van der Waals surface area contributed by atoms with Crippen LogP contribution < -0.4 is 5.73 Å². The molecule has 4 nitrogen and oxygen atoms in total. The summed E-state index contributed by atoms with van der Waals surface area (Å²) in [6, 6.07) is 9.49. The van der Waals surface area contributed by atoms with Crippen LogP contribution in [0.1, 0.15) is 12.0 Å². The van der Waals surface area contributed by atoms with Gasteiger partial charge in [0.1, 0.15) is 5.78 Å². The topological polar surface area (TPSA) is 83.6 Å². The number of rotatable bonds is 4. The van der Waals surface area contributed by atoms with Gasteiger partial charge in [0.15, 0.2) is 0 Å². The Balaban J connectivity index is 2.46. The van der Waals surface area contributed by atoms with Crippen molar-refractivity contribution in [2.45, 2.75) is 18.6 Å². The Morgan fingerprint density at radius 1 is 1.29 bits per heavy atom. The molecular weight excluding hydrogens is 201 g/mol. The summed E-state index contributed by atoms with van der Waals surface area (Å²) in [5.41, 5.74) is 6.37. The van der Waals surface area contributed by atoms with Crippen LogP contribution in [0.25, 0.3) is 0 Å². The predicted octanol–water partition coefficient (Wildman–Crippen LogP) is 1.08. The highest BCUT2D eigenvalue weighted by Gasteiger charge is 2.23. The van der Waals surface area contributed by atoms with Crippen molar-refractivity contribution in [3.8, 4) is 0 Å². The molecule has 0 bridgehead atoms. The third-order valence-corrected chi connectivity index (χ3v) is 3.13. The molecule has 0 fully saturated rings. The van der Waals surface area contributed by atoms with Gasteiger partial charge in [0.2, 0.25) is 0 Å². The van der Waals surface area contributed by atoms with E-state index in [4.69, 9.17) is 15.5 Å². The fraction of sp³-hybridized carbons (Fsp3) is 0.333. The van der Waals surface area contributed by atoms with Crippen molar-refractivity contribution >= 4 is 7.60 Å². The second-order valence-electron chi connectivity index (χ2n) is 3.18. The first-order valence-corrected chi connectivity index (χ1v) is 6.03. The molecule has 1 aromatic carbocycles. The van der Waals surface area contributed by atoms with Crippen LogP contribution in [-0.2, 0) is 11.0 Å². The molecule has 4 N–H and O–H groups in total. The molecule has 0 aromatic heterocycles. The third-order valence-electron chi connectivity index (χ3n) is 2.00. The van der Waals surface area contributed by atoms with Crippen molar-refractivity contribution < 1.29 is 14.4 Å². The Labute approximate surface area is 82.9 Å². The van der Waals surface area contributed by atoms with E-state index in [1.807, 2.05) is 30.3 Å². The van der Waals surface area contributed by atoms with Gasteiger partial charge in [-0.3, -0.25) is 4.57 Å². The van der Waals surface area contributed by atoms with E-state index in [-0.39, 0.29) is 0 Å². The van der Waals surface area contributed by atoms with Gasteiger partial charge in [0, 0.05) is 0 Å². The average Bonchev–Trinajstić information content (AvgIpc) is 2.14. The van der Waals surface area contributed by atoms with Gasteiger partial charge in [-0.25, -0.2) is 0 Å². The Morgan fingerprint density at radius 3 is 2.36 bits per heavy atom. The SMILES string of the molecule is N[C@H](CCc1ccccc1)P(=O)(O)O. The van der Waals surface area contributed by atoms with Gasteiger partial charge in [0.05, 0.1) is 0 Å². The molecule has 1 rings (SSSR count). The molecule has 14 heavy (non-hydrogen) atoms. The first-order chi connectivity index (χ1) is 6.50. The minimum Gasteiger partial charge on any atom is -0.323 e. The molecular formula is C9H14NO3P. The van der Waals surface area contributed by atoms with Crippen LogP contribution in [-0.4, -0.2) is 15.6 Å². The molecule has 0 aliphatic carbocycles. The second-order valence-corrected chi connectivity index (χ2v) is 5.02. The van der Waals surface area contributed by atoms with Crippen LogP contribution in [0.5, 0.6) is 0 Å². The lowest BCUT2D eigenvalue weighted by molar-refractivity contribution is 0.355. The number of aryl methyl sites for hydroxylation is 1. The van der Waals surface area contributed by atoms with E-state index < -0.39 is 13.4 Å². The van der Waals surface area contributed by atoms with Crippen molar-refractivity contribution in [2.24, 2.45) is 5.73 Å². The minimum absolute atomic E-state index is 0.300. The summed E-state index contributed by atoms with van der Waals surface area (Å²) >= 11 is 0. The van der Waals surface area contributed by atoms with Crippen molar-refractivity contribution in [1.29, 1.82) is 0 Å². The van der Waals surface area contributed by atoms with Crippen LogP contribution in [0.2, 0.25) is 0 Å². The maximum absolute atomic E-state index is 10.7. The normalized spacial score (nSPS) is 13.9. The molecule has 0 heterocycles. The Morgan fingerprint density at radius 2 is 1.86 bits per heavy atom. The number of benzene rings is 1. The predicted molar refractivity (Wildman–Crippen MR) is 54.8 cm³/mol. The Kier molecular flexibility index (Phi) is 3.84. The summed E-state index contributed by atoms with van der Waals surface area (Å²) in [6.45, 7) is 0. The van der Waals surface area contributed by atoms with E-state index in [0.29, 0.717) is 12.8 Å². The molecule has 0 spiro atoms. The standard InChI is InChI=1S/C9H14NO3P/c10-9(14(11,12)13)7-6-8-4-2-1-3-5-8/h1-5,9H,6-7,10H2,(H2,11,12,13)/t9-/m0/s1. The molecule has 1 atom stereocenters. The monoisotopic (exact) mass is 215 g/mol. The number of nitrogens with two attached hydrogens (primary N) is 1. The summed E-state index contributed by atoms with van der Waals surface area (Å²) in [7, 11) is -4.12. The fourth-order valence-corrected chi connectivity index (χ4v) is 1.59. The first kappa shape index (κ1) is 11.4. The van der Waals surface area contributed by atoms with E-state index in [1.54, 1.807) is 0 Å². The van der Waals surface area contributed by atoms with Gasteiger partial charge >= 0.3 is 7.60 Å². The molecule has 0 aliphatic rings. The van der Waals surface area contributed by atoms with Crippen molar-refractivity contribution in [3.05, 3.63) is 35.9 Å². The van der Waals surface area contributed by atoms with E-state index in [0.717, 1.165) is 5.56 Å². The number of hydrogen-bond donors (Lipinski definition) is 3. The Hall–Kier alpha value is -0.670. The molecule has 0 saturated heterocycles. The van der Waals surface area contributed by atoms with Crippen LogP contribution in [0.15, 0.2) is 30.3 Å². The largest absolute Gasteiger partial charge is 0.342 e. The molecule has 0 saturated carbocycles. The lowest BCUT2D eigenvalue weighted by Gasteiger charge is -2.12. The zero-order valence-corrected chi connectivity index (χ0v) is 8.60. The zero-order chi connectivity index (χ0) is 10.6. The summed E-state index contributed by atoms with van der Waals surface area (Å²) in [6.07, 6.45) is 0.890. The van der Waals surface area contributed by atoms with Crippen LogP contribution in [0.4, 0.5) is 0 Å². The van der Waals surface area contributed by atoms with Crippen molar-refractivity contribution in [2.75, 3.05) is 0 Å². The molecule has 0 radical (unpaired) electrons.